The van der Waals surface area contributed by atoms with E-state index in [1.807, 2.05) is 25.1 Å². The van der Waals surface area contributed by atoms with Crippen molar-refractivity contribution >= 4 is 10.8 Å². The second-order valence-corrected chi connectivity index (χ2v) is 3.36. The fraction of sp³-hybridized carbons (Fsp3) is 0.167. The van der Waals surface area contributed by atoms with Crippen LogP contribution in [-0.4, -0.2) is 6.61 Å². The highest BCUT2D eigenvalue weighted by atomic mass is 19.3. The minimum atomic E-state index is -2.78. The Morgan fingerprint density at radius 3 is 2.60 bits per heavy atom. The summed E-state index contributed by atoms with van der Waals surface area (Å²) in [5, 5.41) is 1.62. The van der Waals surface area contributed by atoms with Crippen molar-refractivity contribution in [2.24, 2.45) is 0 Å². The van der Waals surface area contributed by atoms with Gasteiger partial charge in [-0.1, -0.05) is 30.3 Å². The average Bonchev–Trinajstić information content (AvgIpc) is 2.16. The highest BCUT2D eigenvalue weighted by molar-refractivity contribution is 5.88. The molecular weight excluding hydrogens is 198 g/mol. The zero-order valence-electron chi connectivity index (χ0n) is 8.21. The van der Waals surface area contributed by atoms with Crippen LogP contribution in [0.25, 0.3) is 10.8 Å². The third-order valence-electron chi connectivity index (χ3n) is 2.18. The zero-order chi connectivity index (χ0) is 10.8. The Balaban J connectivity index is 2.60. The van der Waals surface area contributed by atoms with Crippen LogP contribution in [0.1, 0.15) is 5.56 Å². The van der Waals surface area contributed by atoms with Gasteiger partial charge >= 0.3 is 6.61 Å². The Kier molecular flexibility index (Phi) is 2.54. The first-order valence-electron chi connectivity index (χ1n) is 4.61. The van der Waals surface area contributed by atoms with Gasteiger partial charge in [-0.25, -0.2) is 0 Å². The molecule has 0 spiro atoms. The van der Waals surface area contributed by atoms with Gasteiger partial charge in [0, 0.05) is 5.39 Å². The summed E-state index contributed by atoms with van der Waals surface area (Å²) in [6.07, 6.45) is 0. The van der Waals surface area contributed by atoms with Gasteiger partial charge in [0.1, 0.15) is 5.75 Å². The van der Waals surface area contributed by atoms with Crippen LogP contribution in [-0.2, 0) is 0 Å². The van der Waals surface area contributed by atoms with Crippen LogP contribution in [0.4, 0.5) is 8.78 Å². The molecule has 0 heterocycles. The molecule has 2 aromatic rings. The van der Waals surface area contributed by atoms with Gasteiger partial charge in [-0.2, -0.15) is 8.78 Å². The van der Waals surface area contributed by atoms with E-state index in [1.54, 1.807) is 18.2 Å². The van der Waals surface area contributed by atoms with E-state index in [9.17, 15) is 8.78 Å². The number of ether oxygens (including phenoxy) is 1. The van der Waals surface area contributed by atoms with Crippen LogP contribution in [0.2, 0.25) is 0 Å². The summed E-state index contributed by atoms with van der Waals surface area (Å²) in [5.41, 5.74) is 0.907. The average molecular weight is 208 g/mol. The van der Waals surface area contributed by atoms with Gasteiger partial charge in [0.05, 0.1) is 0 Å². The highest BCUT2D eigenvalue weighted by Crippen LogP contribution is 2.28. The Bertz CT molecular complexity index is 480. The number of benzene rings is 2. The maximum atomic E-state index is 12.2. The van der Waals surface area contributed by atoms with Crippen molar-refractivity contribution < 1.29 is 13.5 Å². The van der Waals surface area contributed by atoms with Crippen molar-refractivity contribution in [3.8, 4) is 5.75 Å². The lowest BCUT2D eigenvalue weighted by molar-refractivity contribution is -0.0488. The molecule has 0 saturated heterocycles. The highest BCUT2D eigenvalue weighted by Gasteiger charge is 2.08. The monoisotopic (exact) mass is 208 g/mol. The van der Waals surface area contributed by atoms with Gasteiger partial charge in [0.2, 0.25) is 0 Å². The molecule has 3 heteroatoms. The molecule has 0 amide bonds. The lowest BCUT2D eigenvalue weighted by Crippen LogP contribution is -2.02. The van der Waals surface area contributed by atoms with Gasteiger partial charge < -0.3 is 4.74 Å². The van der Waals surface area contributed by atoms with Crippen LogP contribution < -0.4 is 4.74 Å². The van der Waals surface area contributed by atoms with E-state index in [1.165, 1.54) is 0 Å². The summed E-state index contributed by atoms with van der Waals surface area (Å²) < 4.78 is 28.8. The Morgan fingerprint density at radius 1 is 1.13 bits per heavy atom. The Labute approximate surface area is 86.3 Å². The molecule has 0 bridgehead atoms. The fourth-order valence-corrected chi connectivity index (χ4v) is 1.61. The number of hydrogen-bond acceptors (Lipinski definition) is 1. The summed E-state index contributed by atoms with van der Waals surface area (Å²) in [5.74, 6) is 0.237. The Hall–Kier alpha value is -1.64. The summed E-state index contributed by atoms with van der Waals surface area (Å²) in [4.78, 5) is 0. The van der Waals surface area contributed by atoms with E-state index in [0.29, 0.717) is 5.39 Å². The molecule has 0 aliphatic heterocycles. The SMILES string of the molecule is Cc1cc(OC(F)F)c2ccccc2c1. The summed E-state index contributed by atoms with van der Waals surface area (Å²) in [6, 6.07) is 10.9. The Morgan fingerprint density at radius 2 is 1.87 bits per heavy atom. The second-order valence-electron chi connectivity index (χ2n) is 3.36. The lowest BCUT2D eigenvalue weighted by atomic mass is 10.1. The smallest absolute Gasteiger partial charge is 0.387 e. The largest absolute Gasteiger partial charge is 0.434 e. The van der Waals surface area contributed by atoms with Crippen LogP contribution >= 0.6 is 0 Å². The van der Waals surface area contributed by atoms with Crippen LogP contribution in [0.3, 0.4) is 0 Å². The third kappa shape index (κ3) is 2.06. The molecule has 0 fully saturated rings. The van der Waals surface area contributed by atoms with Crippen LogP contribution in [0, 0.1) is 6.92 Å². The van der Waals surface area contributed by atoms with Crippen molar-refractivity contribution in [2.75, 3.05) is 0 Å². The number of fused-ring (bicyclic) bond motifs is 1. The van der Waals surface area contributed by atoms with Crippen molar-refractivity contribution in [1.82, 2.24) is 0 Å². The summed E-state index contributed by atoms with van der Waals surface area (Å²) >= 11 is 0. The maximum Gasteiger partial charge on any atom is 0.387 e. The quantitative estimate of drug-likeness (QED) is 0.730. The molecule has 0 N–H and O–H groups in total. The van der Waals surface area contributed by atoms with Crippen LogP contribution in [0.15, 0.2) is 36.4 Å². The zero-order valence-corrected chi connectivity index (χ0v) is 8.21. The van der Waals surface area contributed by atoms with E-state index in [2.05, 4.69) is 4.74 Å². The molecule has 0 aromatic heterocycles. The molecule has 78 valence electrons. The number of rotatable bonds is 2. The number of aryl methyl sites for hydroxylation is 1. The van der Waals surface area contributed by atoms with Gasteiger partial charge in [0.15, 0.2) is 0 Å². The summed E-state index contributed by atoms with van der Waals surface area (Å²) in [6.45, 7) is -0.930. The topological polar surface area (TPSA) is 9.23 Å². The second kappa shape index (κ2) is 3.85. The van der Waals surface area contributed by atoms with E-state index in [4.69, 9.17) is 0 Å². The summed E-state index contributed by atoms with van der Waals surface area (Å²) in [7, 11) is 0. The fourth-order valence-electron chi connectivity index (χ4n) is 1.61. The van der Waals surface area contributed by atoms with Gasteiger partial charge in [-0.15, -0.1) is 0 Å². The van der Waals surface area contributed by atoms with E-state index >= 15 is 0 Å². The predicted molar refractivity (Wildman–Crippen MR) is 55.3 cm³/mol. The first-order valence-corrected chi connectivity index (χ1v) is 4.61. The molecule has 0 aliphatic carbocycles. The number of hydrogen-bond donors (Lipinski definition) is 0. The molecule has 1 nitrogen and oxygen atoms in total. The maximum absolute atomic E-state index is 12.2. The minimum absolute atomic E-state index is 0.237. The first kappa shape index (κ1) is 9.90. The van der Waals surface area contributed by atoms with Crippen molar-refractivity contribution in [3.63, 3.8) is 0 Å². The molecule has 2 aromatic carbocycles. The molecule has 0 atom stereocenters. The van der Waals surface area contributed by atoms with Crippen molar-refractivity contribution in [3.05, 3.63) is 42.0 Å². The van der Waals surface area contributed by atoms with E-state index in [-0.39, 0.29) is 5.75 Å². The normalized spacial score (nSPS) is 10.9. The molecule has 15 heavy (non-hydrogen) atoms. The first-order chi connectivity index (χ1) is 7.16. The molecule has 2 rings (SSSR count). The molecule has 0 saturated carbocycles. The van der Waals surface area contributed by atoms with Crippen LogP contribution in [0.5, 0.6) is 5.75 Å². The van der Waals surface area contributed by atoms with E-state index < -0.39 is 6.61 Å². The molecule has 0 radical (unpaired) electrons. The van der Waals surface area contributed by atoms with Gasteiger partial charge in [-0.3, -0.25) is 0 Å². The molecule has 0 aliphatic rings. The third-order valence-corrected chi connectivity index (χ3v) is 2.18. The van der Waals surface area contributed by atoms with Gasteiger partial charge in [-0.05, 0) is 23.9 Å². The van der Waals surface area contributed by atoms with Crippen molar-refractivity contribution in [1.29, 1.82) is 0 Å². The van der Waals surface area contributed by atoms with Gasteiger partial charge in [0.25, 0.3) is 0 Å². The number of alkyl halides is 2. The molecular formula is C12H10F2O. The molecule has 0 unspecified atom stereocenters. The lowest BCUT2D eigenvalue weighted by Gasteiger charge is -2.09. The number of halogens is 2. The van der Waals surface area contributed by atoms with Crippen molar-refractivity contribution in [2.45, 2.75) is 13.5 Å². The predicted octanol–water partition coefficient (Wildman–Crippen LogP) is 3.75. The standard InChI is InChI=1S/C12H10F2O/c1-8-6-9-4-2-3-5-10(9)11(7-8)15-12(13)14/h2-7,12H,1H3. The van der Waals surface area contributed by atoms with E-state index in [0.717, 1.165) is 10.9 Å². The minimum Gasteiger partial charge on any atom is -0.434 e.